The SMILES string of the molecule is CCOc1ccc(C(=O)NN2CCCCC2)cc1[N+](=O)[O-]. The van der Waals surface area contributed by atoms with Gasteiger partial charge in [-0.3, -0.25) is 20.3 Å². The van der Waals surface area contributed by atoms with Crippen LogP contribution in [0, 0.1) is 10.1 Å². The van der Waals surface area contributed by atoms with Crippen molar-refractivity contribution in [3.8, 4) is 5.75 Å². The van der Waals surface area contributed by atoms with E-state index < -0.39 is 4.92 Å². The molecule has 0 saturated carbocycles. The minimum atomic E-state index is -0.539. The van der Waals surface area contributed by atoms with Gasteiger partial charge in [0.15, 0.2) is 5.75 Å². The van der Waals surface area contributed by atoms with Crippen LogP contribution in [-0.4, -0.2) is 35.5 Å². The van der Waals surface area contributed by atoms with Gasteiger partial charge in [-0.2, -0.15) is 0 Å². The largest absolute Gasteiger partial charge is 0.487 e. The predicted molar refractivity (Wildman–Crippen MR) is 77.2 cm³/mol. The third-order valence-electron chi connectivity index (χ3n) is 3.33. The van der Waals surface area contributed by atoms with Gasteiger partial charge in [0.2, 0.25) is 0 Å². The molecule has 1 saturated heterocycles. The molecule has 0 atom stereocenters. The number of carbonyl (C=O) groups is 1. The second kappa shape index (κ2) is 7.03. The number of ether oxygens (including phenoxy) is 1. The summed E-state index contributed by atoms with van der Waals surface area (Å²) in [5.41, 5.74) is 2.85. The van der Waals surface area contributed by atoms with Crippen LogP contribution in [0.15, 0.2) is 18.2 Å². The molecule has 2 rings (SSSR count). The van der Waals surface area contributed by atoms with E-state index in [1.807, 2.05) is 5.01 Å². The molecule has 114 valence electrons. The van der Waals surface area contributed by atoms with E-state index >= 15 is 0 Å². The van der Waals surface area contributed by atoms with Crippen LogP contribution in [0.5, 0.6) is 5.75 Å². The maximum absolute atomic E-state index is 12.1. The Morgan fingerprint density at radius 2 is 2.10 bits per heavy atom. The summed E-state index contributed by atoms with van der Waals surface area (Å²) in [4.78, 5) is 22.6. The fraction of sp³-hybridized carbons (Fsp3) is 0.500. The lowest BCUT2D eigenvalue weighted by atomic mass is 10.1. The normalized spacial score (nSPS) is 15.5. The standard InChI is InChI=1S/C14H19N3O4/c1-2-21-13-7-6-11(10-12(13)17(19)20)14(18)15-16-8-4-3-5-9-16/h6-7,10H,2-5,8-9H2,1H3,(H,15,18). The van der Waals surface area contributed by atoms with Gasteiger partial charge in [0.1, 0.15) is 0 Å². The zero-order valence-corrected chi connectivity index (χ0v) is 12.0. The molecule has 7 heteroatoms. The molecule has 0 radical (unpaired) electrons. The van der Waals surface area contributed by atoms with Crippen molar-refractivity contribution in [2.45, 2.75) is 26.2 Å². The molecule has 1 heterocycles. The monoisotopic (exact) mass is 293 g/mol. The van der Waals surface area contributed by atoms with E-state index in [2.05, 4.69) is 5.43 Å². The van der Waals surface area contributed by atoms with Crippen molar-refractivity contribution in [1.29, 1.82) is 0 Å². The summed E-state index contributed by atoms with van der Waals surface area (Å²) in [5, 5.41) is 12.9. The Hall–Kier alpha value is -2.15. The molecular formula is C14H19N3O4. The van der Waals surface area contributed by atoms with Gasteiger partial charge >= 0.3 is 5.69 Å². The van der Waals surface area contributed by atoms with Gasteiger partial charge < -0.3 is 4.74 Å². The van der Waals surface area contributed by atoms with E-state index in [4.69, 9.17) is 4.74 Å². The zero-order valence-electron chi connectivity index (χ0n) is 12.0. The summed E-state index contributed by atoms with van der Waals surface area (Å²) in [6.45, 7) is 3.70. The lowest BCUT2D eigenvalue weighted by molar-refractivity contribution is -0.385. The van der Waals surface area contributed by atoms with E-state index in [0.29, 0.717) is 6.61 Å². The maximum Gasteiger partial charge on any atom is 0.311 e. The highest BCUT2D eigenvalue weighted by Gasteiger charge is 2.20. The van der Waals surface area contributed by atoms with E-state index in [1.165, 1.54) is 24.6 Å². The number of nitrogens with zero attached hydrogens (tertiary/aromatic N) is 2. The number of hydrazine groups is 1. The molecule has 1 aromatic rings. The van der Waals surface area contributed by atoms with Crippen LogP contribution in [0.3, 0.4) is 0 Å². The molecule has 0 spiro atoms. The fourth-order valence-electron chi connectivity index (χ4n) is 2.29. The summed E-state index contributed by atoms with van der Waals surface area (Å²) in [6.07, 6.45) is 3.26. The number of hydrogen-bond donors (Lipinski definition) is 1. The zero-order chi connectivity index (χ0) is 15.2. The Balaban J connectivity index is 2.13. The molecule has 0 aromatic heterocycles. The number of nitro benzene ring substituents is 1. The van der Waals surface area contributed by atoms with Gasteiger partial charge in [-0.1, -0.05) is 6.42 Å². The van der Waals surface area contributed by atoms with Gasteiger partial charge in [0, 0.05) is 24.7 Å². The first kappa shape index (κ1) is 15.2. The van der Waals surface area contributed by atoms with E-state index in [0.717, 1.165) is 25.9 Å². The predicted octanol–water partition coefficient (Wildman–Crippen LogP) is 2.12. The van der Waals surface area contributed by atoms with Crippen LogP contribution >= 0.6 is 0 Å². The lowest BCUT2D eigenvalue weighted by Gasteiger charge is -2.26. The van der Waals surface area contributed by atoms with Crippen LogP contribution in [0.2, 0.25) is 0 Å². The topological polar surface area (TPSA) is 84.7 Å². The molecular weight excluding hydrogens is 274 g/mol. The third kappa shape index (κ3) is 3.91. The van der Waals surface area contributed by atoms with Gasteiger partial charge in [0.05, 0.1) is 11.5 Å². The number of nitro groups is 1. The molecule has 0 unspecified atom stereocenters. The highest BCUT2D eigenvalue weighted by molar-refractivity contribution is 5.94. The second-order valence-corrected chi connectivity index (χ2v) is 4.86. The maximum atomic E-state index is 12.1. The Labute approximate surface area is 123 Å². The van der Waals surface area contributed by atoms with Gasteiger partial charge in [0.25, 0.3) is 5.91 Å². The summed E-state index contributed by atoms with van der Waals surface area (Å²) in [7, 11) is 0. The Kier molecular flexibility index (Phi) is 5.10. The first-order valence-corrected chi connectivity index (χ1v) is 7.09. The van der Waals surface area contributed by atoms with Gasteiger partial charge in [-0.15, -0.1) is 0 Å². The highest BCUT2D eigenvalue weighted by atomic mass is 16.6. The fourth-order valence-corrected chi connectivity index (χ4v) is 2.29. The number of carbonyl (C=O) groups excluding carboxylic acids is 1. The Bertz CT molecular complexity index is 527. The molecule has 21 heavy (non-hydrogen) atoms. The smallest absolute Gasteiger partial charge is 0.311 e. The number of amides is 1. The van der Waals surface area contributed by atoms with Crippen LogP contribution in [0.25, 0.3) is 0 Å². The van der Waals surface area contributed by atoms with Crippen molar-refractivity contribution in [3.63, 3.8) is 0 Å². The minimum absolute atomic E-state index is 0.178. The Morgan fingerprint density at radius 1 is 1.38 bits per heavy atom. The van der Waals surface area contributed by atoms with E-state index in [-0.39, 0.29) is 22.9 Å². The van der Waals surface area contributed by atoms with Crippen LogP contribution in [-0.2, 0) is 0 Å². The van der Waals surface area contributed by atoms with Gasteiger partial charge in [-0.05, 0) is 31.9 Å². The number of nitrogens with one attached hydrogen (secondary N) is 1. The van der Waals surface area contributed by atoms with Gasteiger partial charge in [-0.25, -0.2) is 5.01 Å². The molecule has 1 amide bonds. The number of benzene rings is 1. The van der Waals surface area contributed by atoms with Crippen LogP contribution < -0.4 is 10.2 Å². The average molecular weight is 293 g/mol. The first-order valence-electron chi connectivity index (χ1n) is 7.09. The van der Waals surface area contributed by atoms with Crippen molar-refractivity contribution in [3.05, 3.63) is 33.9 Å². The molecule has 0 aliphatic carbocycles. The quantitative estimate of drug-likeness (QED) is 0.664. The molecule has 7 nitrogen and oxygen atoms in total. The van der Waals surface area contributed by atoms with Crippen LogP contribution in [0.1, 0.15) is 36.5 Å². The van der Waals surface area contributed by atoms with Crippen LogP contribution in [0.4, 0.5) is 5.69 Å². The second-order valence-electron chi connectivity index (χ2n) is 4.86. The first-order chi connectivity index (χ1) is 10.1. The van der Waals surface area contributed by atoms with Crippen molar-refractivity contribution >= 4 is 11.6 Å². The number of rotatable bonds is 5. The average Bonchev–Trinajstić information content (AvgIpc) is 2.48. The van der Waals surface area contributed by atoms with E-state index in [1.54, 1.807) is 6.92 Å². The van der Waals surface area contributed by atoms with Crippen molar-refractivity contribution < 1.29 is 14.5 Å². The molecule has 1 aromatic carbocycles. The molecule has 0 bridgehead atoms. The summed E-state index contributed by atoms with van der Waals surface area (Å²) in [5.74, 6) is -0.153. The molecule has 1 aliphatic rings. The third-order valence-corrected chi connectivity index (χ3v) is 3.33. The minimum Gasteiger partial charge on any atom is -0.487 e. The lowest BCUT2D eigenvalue weighted by Crippen LogP contribution is -2.45. The Morgan fingerprint density at radius 3 is 2.71 bits per heavy atom. The molecule has 1 N–H and O–H groups in total. The molecule has 1 fully saturated rings. The summed E-state index contributed by atoms with van der Waals surface area (Å²) in [6, 6.07) is 4.26. The van der Waals surface area contributed by atoms with E-state index in [9.17, 15) is 14.9 Å². The number of piperidine rings is 1. The van der Waals surface area contributed by atoms with Crippen molar-refractivity contribution in [2.75, 3.05) is 19.7 Å². The summed E-state index contributed by atoms with van der Waals surface area (Å²) >= 11 is 0. The number of hydrogen-bond acceptors (Lipinski definition) is 5. The highest BCUT2D eigenvalue weighted by Crippen LogP contribution is 2.28. The van der Waals surface area contributed by atoms with Crippen molar-refractivity contribution in [1.82, 2.24) is 10.4 Å². The molecule has 1 aliphatic heterocycles. The van der Waals surface area contributed by atoms with Crippen molar-refractivity contribution in [2.24, 2.45) is 0 Å². The summed E-state index contributed by atoms with van der Waals surface area (Å²) < 4.78 is 5.20.